The predicted octanol–water partition coefficient (Wildman–Crippen LogP) is 5.17. The number of nitrogen functional groups attached to an aromatic ring is 1. The van der Waals surface area contributed by atoms with E-state index in [1.807, 2.05) is 16.7 Å². The van der Waals surface area contributed by atoms with Gasteiger partial charge in [-0.05, 0) is 66.5 Å². The summed E-state index contributed by atoms with van der Waals surface area (Å²) in [5.74, 6) is 0.493. The molecule has 38 heavy (non-hydrogen) atoms. The van der Waals surface area contributed by atoms with Crippen LogP contribution < -0.4 is 16.4 Å². The molecular weight excluding hydrogens is 550 g/mol. The minimum absolute atomic E-state index is 0.276. The lowest BCUT2D eigenvalue weighted by atomic mass is 10.0. The highest BCUT2D eigenvalue weighted by molar-refractivity contribution is 9.10. The van der Waals surface area contributed by atoms with Crippen LogP contribution in [-0.4, -0.2) is 43.2 Å². The van der Waals surface area contributed by atoms with Crippen molar-refractivity contribution in [2.45, 2.75) is 39.0 Å². The summed E-state index contributed by atoms with van der Waals surface area (Å²) >= 11 is 3.70. The van der Waals surface area contributed by atoms with E-state index in [1.54, 1.807) is 63.4 Å². The van der Waals surface area contributed by atoms with Gasteiger partial charge in [0.25, 0.3) is 5.91 Å². The third-order valence-corrected chi connectivity index (χ3v) is 6.34. The molecule has 3 heterocycles. The number of pyridine rings is 1. The third-order valence-electron chi connectivity index (χ3n) is 5.51. The van der Waals surface area contributed by atoms with Crippen LogP contribution in [0.2, 0.25) is 0 Å². The zero-order valence-electron chi connectivity index (χ0n) is 21.2. The Kier molecular flexibility index (Phi) is 7.77. The van der Waals surface area contributed by atoms with Gasteiger partial charge in [-0.1, -0.05) is 24.3 Å². The number of nitrogens with two attached hydrogens (primary N) is 1. The number of carbonyl (C=O) groups is 2. The van der Waals surface area contributed by atoms with E-state index in [4.69, 9.17) is 10.5 Å². The first-order valence-electron chi connectivity index (χ1n) is 11.8. The number of hydrogen-bond donors (Lipinski definition) is 3. The smallest absolute Gasteiger partial charge is 0.408 e. The van der Waals surface area contributed by atoms with Crippen LogP contribution in [0.4, 0.5) is 16.4 Å². The molecule has 0 aliphatic carbocycles. The number of ether oxygens (including phenoxy) is 1. The number of hydrogen-bond acceptors (Lipinski definition) is 7. The summed E-state index contributed by atoms with van der Waals surface area (Å²) in [4.78, 5) is 37.8. The SMILES string of the molecule is C=CC(Cn1c(Br)c(-c2ccc(C(=O)Nc3ccccn3)cc2)c2c(N)ncnc21)NC(=O)OC(C)(C)C. The normalized spacial score (nSPS) is 12.1. The zero-order chi connectivity index (χ0) is 27.4. The maximum atomic E-state index is 12.7. The van der Waals surface area contributed by atoms with Crippen molar-refractivity contribution in [2.24, 2.45) is 0 Å². The standard InChI is InChI=1S/C27H28BrN7O3/c1-5-18(33-26(37)38-27(2,3)4)14-35-22(28)20(21-23(29)31-15-32-24(21)35)16-9-11-17(12-10-16)25(36)34-19-8-6-7-13-30-19/h5-13,15,18H,1,14H2,2-4H3,(H,33,37)(H2,29,31,32)(H,30,34,36). The molecule has 4 rings (SSSR count). The van der Waals surface area contributed by atoms with E-state index in [-0.39, 0.29) is 5.91 Å². The Morgan fingerprint density at radius 1 is 1.16 bits per heavy atom. The number of benzene rings is 1. The second-order valence-corrected chi connectivity index (χ2v) is 10.2. The number of fused-ring (bicyclic) bond motifs is 1. The molecule has 0 bridgehead atoms. The molecule has 1 atom stereocenters. The second-order valence-electron chi connectivity index (χ2n) is 9.47. The summed E-state index contributed by atoms with van der Waals surface area (Å²) in [6.07, 6.45) is 4.07. The number of nitrogens with zero attached hydrogens (tertiary/aromatic N) is 4. The number of rotatable bonds is 7. The monoisotopic (exact) mass is 577 g/mol. The summed E-state index contributed by atoms with van der Waals surface area (Å²) in [6.45, 7) is 9.55. The average molecular weight is 578 g/mol. The molecule has 10 nitrogen and oxygen atoms in total. The molecule has 0 aliphatic rings. The van der Waals surface area contributed by atoms with Crippen molar-refractivity contribution in [1.29, 1.82) is 0 Å². The van der Waals surface area contributed by atoms with E-state index >= 15 is 0 Å². The van der Waals surface area contributed by atoms with Crippen LogP contribution in [0.15, 0.2) is 72.2 Å². The molecule has 11 heteroatoms. The Balaban J connectivity index is 1.65. The molecule has 1 aromatic carbocycles. The Morgan fingerprint density at radius 3 is 2.53 bits per heavy atom. The van der Waals surface area contributed by atoms with Crippen molar-refractivity contribution in [2.75, 3.05) is 11.1 Å². The number of amides is 2. The van der Waals surface area contributed by atoms with Crippen LogP contribution in [0.1, 0.15) is 31.1 Å². The number of halogens is 1. The fourth-order valence-corrected chi connectivity index (χ4v) is 4.58. The van der Waals surface area contributed by atoms with Gasteiger partial charge in [-0.25, -0.2) is 19.7 Å². The first kappa shape index (κ1) is 26.8. The first-order valence-corrected chi connectivity index (χ1v) is 12.6. The van der Waals surface area contributed by atoms with Crippen molar-refractivity contribution < 1.29 is 14.3 Å². The fourth-order valence-electron chi connectivity index (χ4n) is 3.84. The van der Waals surface area contributed by atoms with E-state index < -0.39 is 17.7 Å². The summed E-state index contributed by atoms with van der Waals surface area (Å²) in [7, 11) is 0. The molecule has 0 aliphatic heterocycles. The van der Waals surface area contributed by atoms with E-state index in [0.717, 1.165) is 11.1 Å². The predicted molar refractivity (Wildman–Crippen MR) is 151 cm³/mol. The zero-order valence-corrected chi connectivity index (χ0v) is 22.8. The summed E-state index contributed by atoms with van der Waals surface area (Å²) in [5.41, 5.74) is 8.26. The molecule has 0 radical (unpaired) electrons. The van der Waals surface area contributed by atoms with Gasteiger partial charge in [0.05, 0.1) is 16.0 Å². The van der Waals surface area contributed by atoms with Crippen LogP contribution in [0.5, 0.6) is 0 Å². The van der Waals surface area contributed by atoms with Gasteiger partial charge < -0.3 is 25.7 Å². The van der Waals surface area contributed by atoms with Crippen LogP contribution in [0.25, 0.3) is 22.2 Å². The minimum Gasteiger partial charge on any atom is -0.444 e. The lowest BCUT2D eigenvalue weighted by Gasteiger charge is -2.22. The fraction of sp³-hybridized carbons (Fsp3) is 0.222. The Hall–Kier alpha value is -4.25. The number of anilines is 2. The number of aromatic nitrogens is 4. The van der Waals surface area contributed by atoms with Crippen LogP contribution in [-0.2, 0) is 11.3 Å². The molecular formula is C27H28BrN7O3. The molecule has 1 unspecified atom stereocenters. The second kappa shape index (κ2) is 11.0. The van der Waals surface area contributed by atoms with Crippen LogP contribution in [0, 0.1) is 0 Å². The molecule has 3 aromatic heterocycles. The van der Waals surface area contributed by atoms with Crippen LogP contribution >= 0.6 is 15.9 Å². The van der Waals surface area contributed by atoms with Crippen molar-refractivity contribution in [3.05, 3.63) is 77.8 Å². The average Bonchev–Trinajstić information content (AvgIpc) is 3.15. The van der Waals surface area contributed by atoms with Gasteiger partial charge in [0.15, 0.2) is 0 Å². The van der Waals surface area contributed by atoms with Crippen molar-refractivity contribution in [1.82, 2.24) is 24.8 Å². The largest absolute Gasteiger partial charge is 0.444 e. The highest BCUT2D eigenvalue weighted by Gasteiger charge is 2.24. The number of carbonyl (C=O) groups excluding carboxylic acids is 2. The molecule has 0 fully saturated rings. The first-order chi connectivity index (χ1) is 18.1. The van der Waals surface area contributed by atoms with Gasteiger partial charge in [-0.15, -0.1) is 6.58 Å². The van der Waals surface area contributed by atoms with Gasteiger partial charge in [0.2, 0.25) is 0 Å². The van der Waals surface area contributed by atoms with E-state index in [2.05, 4.69) is 48.1 Å². The maximum Gasteiger partial charge on any atom is 0.408 e. The molecule has 0 saturated carbocycles. The van der Waals surface area contributed by atoms with Gasteiger partial charge >= 0.3 is 6.09 Å². The molecule has 4 N–H and O–H groups in total. The molecule has 4 aromatic rings. The van der Waals surface area contributed by atoms with Crippen molar-refractivity contribution in [3.63, 3.8) is 0 Å². The Morgan fingerprint density at radius 2 is 1.89 bits per heavy atom. The van der Waals surface area contributed by atoms with Gasteiger partial charge in [-0.2, -0.15) is 0 Å². The maximum absolute atomic E-state index is 12.7. The quantitative estimate of drug-likeness (QED) is 0.257. The van der Waals surface area contributed by atoms with Gasteiger partial charge in [-0.3, -0.25) is 4.79 Å². The van der Waals surface area contributed by atoms with E-state index in [1.165, 1.54) is 6.33 Å². The van der Waals surface area contributed by atoms with Crippen LogP contribution in [0.3, 0.4) is 0 Å². The molecule has 2 amide bonds. The summed E-state index contributed by atoms with van der Waals surface area (Å²) in [6, 6.07) is 11.9. The lowest BCUT2D eigenvalue weighted by Crippen LogP contribution is -2.40. The Labute approximate surface area is 228 Å². The molecule has 196 valence electrons. The van der Waals surface area contributed by atoms with E-state index in [9.17, 15) is 9.59 Å². The van der Waals surface area contributed by atoms with Gasteiger partial charge in [0.1, 0.15) is 29.2 Å². The van der Waals surface area contributed by atoms with Crippen molar-refractivity contribution in [3.8, 4) is 11.1 Å². The molecule has 0 saturated heterocycles. The highest BCUT2D eigenvalue weighted by Crippen LogP contribution is 2.40. The summed E-state index contributed by atoms with van der Waals surface area (Å²) < 4.78 is 7.95. The highest BCUT2D eigenvalue weighted by atomic mass is 79.9. The number of nitrogens with one attached hydrogen (secondary N) is 2. The number of alkyl carbamates (subject to hydrolysis) is 1. The third kappa shape index (κ3) is 6.00. The lowest BCUT2D eigenvalue weighted by molar-refractivity contribution is 0.0510. The Bertz CT molecular complexity index is 1480. The minimum atomic E-state index is -0.633. The topological polar surface area (TPSA) is 137 Å². The van der Waals surface area contributed by atoms with E-state index in [0.29, 0.717) is 39.4 Å². The van der Waals surface area contributed by atoms with Gasteiger partial charge in [0, 0.05) is 23.9 Å². The summed E-state index contributed by atoms with van der Waals surface area (Å²) in [5, 5.41) is 6.24. The molecule has 0 spiro atoms. The van der Waals surface area contributed by atoms with Crippen molar-refractivity contribution >= 4 is 50.6 Å².